The van der Waals surface area contributed by atoms with E-state index in [0.29, 0.717) is 25.1 Å². The molecule has 0 bridgehead atoms. The molecule has 2 aromatic carbocycles. The normalized spacial score (nSPS) is 22.3. The molecule has 35 heavy (non-hydrogen) atoms. The minimum Gasteiger partial charge on any atom is -0.449 e. The Balaban J connectivity index is 1.17. The van der Waals surface area contributed by atoms with Crippen molar-refractivity contribution >= 4 is 22.8 Å². The Kier molecular flexibility index (Phi) is 4.22. The van der Waals surface area contributed by atoms with Crippen molar-refractivity contribution in [3.05, 3.63) is 89.9 Å². The first kappa shape index (κ1) is 20.4. The molecule has 2 aliphatic heterocycles. The fourth-order valence-corrected chi connectivity index (χ4v) is 6.06. The highest BCUT2D eigenvalue weighted by molar-refractivity contribution is 5.95. The van der Waals surface area contributed by atoms with Crippen molar-refractivity contribution in [2.75, 3.05) is 13.1 Å². The third-order valence-corrected chi connectivity index (χ3v) is 8.10. The maximum absolute atomic E-state index is 13.9. The summed E-state index contributed by atoms with van der Waals surface area (Å²) in [5, 5.41) is 5.64. The highest BCUT2D eigenvalue weighted by Gasteiger charge is 2.55. The standard InChI is InChI=1S/C28H24N4O3/c33-25-22-17-29-14-10-23(22)28(35-25)13-15-31(18-28)26(34)27(11-3-12-27)20-6-8-21(9-7-20)32-24-5-2-1-4-19(24)16-30-32/h1-2,4-10,14,16-17H,3,11-13,15,18H2. The molecule has 4 aromatic rings. The van der Waals surface area contributed by atoms with Crippen molar-refractivity contribution in [1.29, 1.82) is 0 Å². The second-order valence-electron chi connectivity index (χ2n) is 9.88. The van der Waals surface area contributed by atoms with Gasteiger partial charge in [0.2, 0.25) is 5.91 Å². The van der Waals surface area contributed by atoms with E-state index in [-0.39, 0.29) is 11.9 Å². The van der Waals surface area contributed by atoms with Gasteiger partial charge in [0.15, 0.2) is 5.60 Å². The number of rotatable bonds is 3. The number of carbonyl (C=O) groups is 2. The topological polar surface area (TPSA) is 77.3 Å². The molecule has 1 aliphatic carbocycles. The van der Waals surface area contributed by atoms with Crippen LogP contribution in [-0.2, 0) is 20.5 Å². The number of fused-ring (bicyclic) bond motifs is 3. The molecule has 174 valence electrons. The van der Waals surface area contributed by atoms with Crippen LogP contribution in [0.15, 0.2) is 73.2 Å². The maximum atomic E-state index is 13.9. The van der Waals surface area contributed by atoms with Gasteiger partial charge in [0.05, 0.1) is 34.9 Å². The number of likely N-dealkylation sites (tertiary alicyclic amines) is 1. The summed E-state index contributed by atoms with van der Waals surface area (Å²) in [6.07, 6.45) is 8.43. The zero-order valence-electron chi connectivity index (χ0n) is 19.2. The monoisotopic (exact) mass is 464 g/mol. The molecule has 1 saturated carbocycles. The van der Waals surface area contributed by atoms with Crippen molar-refractivity contribution in [3.8, 4) is 5.69 Å². The van der Waals surface area contributed by atoms with E-state index in [9.17, 15) is 9.59 Å². The molecule has 1 unspecified atom stereocenters. The van der Waals surface area contributed by atoms with Crippen LogP contribution < -0.4 is 0 Å². The number of pyridine rings is 1. The molecular weight excluding hydrogens is 440 g/mol. The Hall–Kier alpha value is -4.00. The number of hydrogen-bond donors (Lipinski definition) is 0. The first-order chi connectivity index (χ1) is 17.1. The SMILES string of the molecule is O=C1OC2(CCN(C(=O)C3(c4ccc(-n5ncc6ccccc65)cc4)CCC3)C2)c2ccncc21. The Bertz CT molecular complexity index is 1490. The Morgan fingerprint density at radius 1 is 0.971 bits per heavy atom. The maximum Gasteiger partial charge on any atom is 0.341 e. The molecule has 7 nitrogen and oxygen atoms in total. The van der Waals surface area contributed by atoms with Crippen molar-refractivity contribution in [3.63, 3.8) is 0 Å². The summed E-state index contributed by atoms with van der Waals surface area (Å²) in [6.45, 7) is 0.973. The predicted octanol–water partition coefficient (Wildman–Crippen LogP) is 4.14. The fourth-order valence-electron chi connectivity index (χ4n) is 6.06. The number of aromatic nitrogens is 3. The van der Waals surface area contributed by atoms with Crippen LogP contribution in [-0.4, -0.2) is 44.6 Å². The van der Waals surface area contributed by atoms with E-state index in [0.717, 1.165) is 47.0 Å². The smallest absolute Gasteiger partial charge is 0.341 e. The van der Waals surface area contributed by atoms with E-state index < -0.39 is 11.0 Å². The van der Waals surface area contributed by atoms with Gasteiger partial charge < -0.3 is 9.64 Å². The molecule has 3 aliphatic rings. The van der Waals surface area contributed by atoms with Gasteiger partial charge in [-0.2, -0.15) is 5.10 Å². The molecule has 1 amide bonds. The molecule has 0 N–H and O–H groups in total. The third-order valence-electron chi connectivity index (χ3n) is 8.10. The van der Waals surface area contributed by atoms with Crippen molar-refractivity contribution in [2.24, 2.45) is 0 Å². The number of ether oxygens (including phenoxy) is 1. The summed E-state index contributed by atoms with van der Waals surface area (Å²) in [7, 11) is 0. The van der Waals surface area contributed by atoms with E-state index in [1.807, 2.05) is 34.0 Å². The summed E-state index contributed by atoms with van der Waals surface area (Å²) in [5.41, 5.74) is 3.18. The average molecular weight is 465 g/mol. The molecule has 2 aromatic heterocycles. The minimum absolute atomic E-state index is 0.136. The zero-order valence-corrected chi connectivity index (χ0v) is 19.2. The van der Waals surface area contributed by atoms with Gasteiger partial charge in [0.1, 0.15) is 0 Å². The van der Waals surface area contributed by atoms with Gasteiger partial charge in [-0.3, -0.25) is 9.78 Å². The number of nitrogens with zero attached hydrogens (tertiary/aromatic N) is 4. The van der Waals surface area contributed by atoms with E-state index in [4.69, 9.17) is 4.74 Å². The van der Waals surface area contributed by atoms with Gasteiger partial charge in [-0.1, -0.05) is 36.8 Å². The fraction of sp³-hybridized carbons (Fsp3) is 0.286. The number of hydrogen-bond acceptors (Lipinski definition) is 5. The van der Waals surface area contributed by atoms with E-state index in [1.165, 1.54) is 0 Å². The lowest BCUT2D eigenvalue weighted by Gasteiger charge is -2.43. The summed E-state index contributed by atoms with van der Waals surface area (Å²) in [6, 6.07) is 18.2. The molecule has 1 spiro atoms. The van der Waals surface area contributed by atoms with Crippen LogP contribution >= 0.6 is 0 Å². The number of carbonyl (C=O) groups excluding carboxylic acids is 2. The molecule has 4 heterocycles. The van der Waals surface area contributed by atoms with Crippen molar-refractivity contribution in [1.82, 2.24) is 19.7 Å². The van der Waals surface area contributed by atoms with Crippen molar-refractivity contribution < 1.29 is 14.3 Å². The molecule has 7 heteroatoms. The number of benzene rings is 2. The van der Waals surface area contributed by atoms with Gasteiger partial charge in [-0.25, -0.2) is 9.48 Å². The first-order valence-electron chi connectivity index (χ1n) is 12.1. The van der Waals surface area contributed by atoms with Crippen LogP contribution in [0.25, 0.3) is 16.6 Å². The highest BCUT2D eigenvalue weighted by atomic mass is 16.6. The van der Waals surface area contributed by atoms with Gasteiger partial charge in [0, 0.05) is 36.3 Å². The summed E-state index contributed by atoms with van der Waals surface area (Å²) in [5.74, 6) is -0.209. The van der Waals surface area contributed by atoms with Crippen LogP contribution in [0.2, 0.25) is 0 Å². The quantitative estimate of drug-likeness (QED) is 0.426. The Morgan fingerprint density at radius 3 is 2.60 bits per heavy atom. The summed E-state index contributed by atoms with van der Waals surface area (Å²) < 4.78 is 7.77. The number of amides is 1. The number of esters is 1. The Morgan fingerprint density at radius 2 is 1.80 bits per heavy atom. The van der Waals surface area contributed by atoms with E-state index >= 15 is 0 Å². The van der Waals surface area contributed by atoms with Crippen LogP contribution in [0, 0.1) is 0 Å². The van der Waals surface area contributed by atoms with E-state index in [2.05, 4.69) is 46.5 Å². The minimum atomic E-state index is -0.749. The van der Waals surface area contributed by atoms with Gasteiger partial charge >= 0.3 is 5.97 Å². The van der Waals surface area contributed by atoms with Gasteiger partial charge in [0.25, 0.3) is 0 Å². The summed E-state index contributed by atoms with van der Waals surface area (Å²) >= 11 is 0. The third kappa shape index (κ3) is 2.84. The van der Waals surface area contributed by atoms with E-state index in [1.54, 1.807) is 12.4 Å². The molecule has 7 rings (SSSR count). The molecule has 1 saturated heterocycles. The lowest BCUT2D eigenvalue weighted by Crippen LogP contribution is -2.51. The Labute approximate surface area is 202 Å². The molecule has 2 fully saturated rings. The highest BCUT2D eigenvalue weighted by Crippen LogP contribution is 2.49. The van der Waals surface area contributed by atoms with Gasteiger partial charge in [-0.15, -0.1) is 0 Å². The second kappa shape index (κ2) is 7.25. The first-order valence-corrected chi connectivity index (χ1v) is 12.1. The zero-order chi connectivity index (χ0) is 23.6. The van der Waals surface area contributed by atoms with Crippen LogP contribution in [0.4, 0.5) is 0 Å². The van der Waals surface area contributed by atoms with Crippen LogP contribution in [0.3, 0.4) is 0 Å². The lowest BCUT2D eigenvalue weighted by molar-refractivity contribution is -0.140. The molecular formula is C28H24N4O3. The molecule has 0 radical (unpaired) electrons. The number of para-hydroxylation sites is 1. The van der Waals surface area contributed by atoms with Crippen LogP contribution in [0.5, 0.6) is 0 Å². The largest absolute Gasteiger partial charge is 0.449 e. The average Bonchev–Trinajstić information content (AvgIpc) is 3.56. The lowest BCUT2D eigenvalue weighted by atomic mass is 9.63. The summed E-state index contributed by atoms with van der Waals surface area (Å²) in [4.78, 5) is 32.3. The van der Waals surface area contributed by atoms with Gasteiger partial charge in [-0.05, 0) is 42.7 Å². The van der Waals surface area contributed by atoms with Crippen LogP contribution in [0.1, 0.15) is 47.2 Å². The second-order valence-corrected chi connectivity index (χ2v) is 9.88. The predicted molar refractivity (Wildman–Crippen MR) is 129 cm³/mol. The van der Waals surface area contributed by atoms with Crippen molar-refractivity contribution in [2.45, 2.75) is 36.7 Å². The molecule has 1 atom stereocenters.